The minimum absolute atomic E-state index is 0.657. The first kappa shape index (κ1) is 13.0. The van der Waals surface area contributed by atoms with Gasteiger partial charge >= 0.3 is 0 Å². The molecular formula is C12H17N5S. The van der Waals surface area contributed by atoms with Gasteiger partial charge in [-0.15, -0.1) is 16.9 Å². The lowest BCUT2D eigenvalue weighted by Gasteiger charge is -2.04. The molecule has 0 aliphatic rings. The van der Waals surface area contributed by atoms with Crippen molar-refractivity contribution in [1.29, 1.82) is 0 Å². The van der Waals surface area contributed by atoms with Crippen LogP contribution in [0.5, 0.6) is 0 Å². The summed E-state index contributed by atoms with van der Waals surface area (Å²) in [5.41, 5.74) is 6.76. The normalized spacial score (nSPS) is 10.8. The maximum atomic E-state index is 5.49. The van der Waals surface area contributed by atoms with E-state index in [9.17, 15) is 0 Å². The van der Waals surface area contributed by atoms with Gasteiger partial charge in [-0.05, 0) is 42.4 Å². The fourth-order valence-electron chi connectivity index (χ4n) is 1.59. The molecule has 1 heterocycles. The molecular weight excluding hydrogens is 246 g/mol. The monoisotopic (exact) mass is 263 g/mol. The van der Waals surface area contributed by atoms with Crippen LogP contribution in [0, 0.1) is 6.92 Å². The Morgan fingerprint density at radius 3 is 3.06 bits per heavy atom. The van der Waals surface area contributed by atoms with E-state index in [1.807, 2.05) is 4.68 Å². The Bertz CT molecular complexity index is 497. The van der Waals surface area contributed by atoms with Gasteiger partial charge in [0.2, 0.25) is 0 Å². The zero-order valence-corrected chi connectivity index (χ0v) is 11.2. The third-order valence-corrected chi connectivity index (χ3v) is 3.53. The zero-order chi connectivity index (χ0) is 12.8. The van der Waals surface area contributed by atoms with E-state index in [1.165, 1.54) is 10.5 Å². The molecule has 0 aliphatic heterocycles. The van der Waals surface area contributed by atoms with Crippen LogP contribution in [0.3, 0.4) is 0 Å². The van der Waals surface area contributed by atoms with Crippen molar-refractivity contribution < 1.29 is 0 Å². The number of rotatable bonds is 6. The van der Waals surface area contributed by atoms with E-state index in [4.69, 9.17) is 5.73 Å². The molecule has 6 heteroatoms. The van der Waals surface area contributed by atoms with E-state index >= 15 is 0 Å². The van der Waals surface area contributed by atoms with Gasteiger partial charge in [0, 0.05) is 11.4 Å². The molecule has 1 aromatic carbocycles. The molecule has 0 radical (unpaired) electrons. The molecule has 2 rings (SSSR count). The van der Waals surface area contributed by atoms with Crippen LogP contribution in [0.15, 0.2) is 29.2 Å². The first-order chi connectivity index (χ1) is 8.79. The van der Waals surface area contributed by atoms with Gasteiger partial charge in [0.1, 0.15) is 0 Å². The Morgan fingerprint density at radius 1 is 1.39 bits per heavy atom. The van der Waals surface area contributed by atoms with Crippen LogP contribution in [0.4, 0.5) is 0 Å². The highest BCUT2D eigenvalue weighted by Gasteiger charge is 2.06. The quantitative estimate of drug-likeness (QED) is 0.802. The number of tetrazole rings is 1. The summed E-state index contributed by atoms with van der Waals surface area (Å²) in [6, 6.07) is 8.43. The Balaban J connectivity index is 1.95. The molecule has 0 spiro atoms. The predicted octanol–water partition coefficient (Wildman–Crippen LogP) is 1.62. The lowest BCUT2D eigenvalue weighted by molar-refractivity contribution is 0.551. The molecule has 0 aliphatic carbocycles. The molecule has 0 unspecified atom stereocenters. The van der Waals surface area contributed by atoms with E-state index in [1.54, 1.807) is 11.8 Å². The second kappa shape index (κ2) is 6.51. The number of nitrogens with zero attached hydrogens (tertiary/aromatic N) is 4. The van der Waals surface area contributed by atoms with Crippen LogP contribution in [0.2, 0.25) is 0 Å². The summed E-state index contributed by atoms with van der Waals surface area (Å²) < 4.78 is 1.83. The summed E-state index contributed by atoms with van der Waals surface area (Å²) in [5, 5.41) is 11.7. The highest BCUT2D eigenvalue weighted by Crippen LogP contribution is 2.22. The fraction of sp³-hybridized carbons (Fsp3) is 0.417. The molecule has 5 nitrogen and oxygen atoms in total. The summed E-state index contributed by atoms with van der Waals surface area (Å²) in [7, 11) is 0. The number of thioether (sulfide) groups is 1. The van der Waals surface area contributed by atoms with Crippen molar-refractivity contribution in [2.45, 2.75) is 30.5 Å². The van der Waals surface area contributed by atoms with Crippen LogP contribution in [-0.4, -0.2) is 26.8 Å². The fourth-order valence-corrected chi connectivity index (χ4v) is 2.54. The van der Waals surface area contributed by atoms with Gasteiger partial charge in [-0.1, -0.05) is 17.7 Å². The Kier molecular flexibility index (Phi) is 4.72. The van der Waals surface area contributed by atoms with E-state index < -0.39 is 0 Å². The Labute approximate surface area is 111 Å². The first-order valence-electron chi connectivity index (χ1n) is 5.94. The summed E-state index contributed by atoms with van der Waals surface area (Å²) in [4.78, 5) is 1.24. The van der Waals surface area contributed by atoms with Gasteiger partial charge in [-0.2, -0.15) is 0 Å². The van der Waals surface area contributed by atoms with Crippen LogP contribution in [0.25, 0.3) is 0 Å². The molecule has 0 saturated carbocycles. The summed E-state index contributed by atoms with van der Waals surface area (Å²) in [6.45, 7) is 3.53. The number of hydrogen-bond donors (Lipinski definition) is 1. The van der Waals surface area contributed by atoms with Gasteiger partial charge in [0.25, 0.3) is 0 Å². The summed E-state index contributed by atoms with van der Waals surface area (Å²) >= 11 is 1.75. The second-order valence-corrected chi connectivity index (χ2v) is 5.11. The van der Waals surface area contributed by atoms with E-state index in [2.05, 4.69) is 46.7 Å². The van der Waals surface area contributed by atoms with Crippen LogP contribution < -0.4 is 5.73 Å². The molecule has 1 aromatic heterocycles. The third kappa shape index (κ3) is 3.54. The number of nitrogens with two attached hydrogens (primary N) is 1. The van der Waals surface area contributed by atoms with Crippen molar-refractivity contribution in [1.82, 2.24) is 20.2 Å². The topological polar surface area (TPSA) is 69.6 Å². The van der Waals surface area contributed by atoms with Gasteiger partial charge in [-0.25, -0.2) is 4.68 Å². The minimum atomic E-state index is 0.657. The molecule has 18 heavy (non-hydrogen) atoms. The Morgan fingerprint density at radius 2 is 2.28 bits per heavy atom. The van der Waals surface area contributed by atoms with Crippen molar-refractivity contribution in [2.24, 2.45) is 5.73 Å². The van der Waals surface area contributed by atoms with Crippen molar-refractivity contribution in [3.05, 3.63) is 35.7 Å². The van der Waals surface area contributed by atoms with Gasteiger partial charge in [-0.3, -0.25) is 0 Å². The minimum Gasteiger partial charge on any atom is -0.330 e. The Hall–Kier alpha value is -1.40. The van der Waals surface area contributed by atoms with E-state index in [-0.39, 0.29) is 0 Å². The molecule has 2 aromatic rings. The number of benzene rings is 1. The molecule has 0 saturated heterocycles. The highest BCUT2D eigenvalue weighted by molar-refractivity contribution is 7.98. The number of aryl methyl sites for hydroxylation is 2. The third-order valence-electron chi connectivity index (χ3n) is 2.54. The average Bonchev–Trinajstić information content (AvgIpc) is 2.81. The maximum Gasteiger partial charge on any atom is 0.161 e. The van der Waals surface area contributed by atoms with Crippen molar-refractivity contribution in [2.75, 3.05) is 6.54 Å². The van der Waals surface area contributed by atoms with Gasteiger partial charge in [0.15, 0.2) is 5.82 Å². The van der Waals surface area contributed by atoms with Gasteiger partial charge in [0.05, 0.1) is 5.75 Å². The largest absolute Gasteiger partial charge is 0.330 e. The summed E-state index contributed by atoms with van der Waals surface area (Å²) in [6.07, 6.45) is 0.896. The molecule has 0 fully saturated rings. The van der Waals surface area contributed by atoms with E-state index in [0.717, 1.165) is 24.5 Å². The van der Waals surface area contributed by atoms with Gasteiger partial charge < -0.3 is 5.73 Å². The smallest absolute Gasteiger partial charge is 0.161 e. The van der Waals surface area contributed by atoms with Crippen molar-refractivity contribution in [3.8, 4) is 0 Å². The molecule has 0 amide bonds. The predicted molar refractivity (Wildman–Crippen MR) is 72.2 cm³/mol. The second-order valence-electron chi connectivity index (χ2n) is 4.07. The SMILES string of the molecule is Cc1cccc(SCc2nnnn2CCCN)c1. The number of hydrogen-bond acceptors (Lipinski definition) is 5. The standard InChI is InChI=1S/C12H17N5S/c1-10-4-2-5-11(8-10)18-9-12-14-15-16-17(12)7-3-6-13/h2,4-5,8H,3,6-7,9,13H2,1H3. The average molecular weight is 263 g/mol. The van der Waals surface area contributed by atoms with Crippen molar-refractivity contribution >= 4 is 11.8 Å². The van der Waals surface area contributed by atoms with Crippen molar-refractivity contribution in [3.63, 3.8) is 0 Å². The molecule has 96 valence electrons. The van der Waals surface area contributed by atoms with E-state index in [0.29, 0.717) is 6.54 Å². The molecule has 0 atom stereocenters. The van der Waals surface area contributed by atoms with Crippen LogP contribution >= 0.6 is 11.8 Å². The zero-order valence-electron chi connectivity index (χ0n) is 10.4. The summed E-state index contributed by atoms with van der Waals surface area (Å²) in [5.74, 6) is 1.68. The highest BCUT2D eigenvalue weighted by atomic mass is 32.2. The lowest BCUT2D eigenvalue weighted by Crippen LogP contribution is -2.09. The lowest BCUT2D eigenvalue weighted by atomic mass is 10.2. The maximum absolute atomic E-state index is 5.49. The van der Waals surface area contributed by atoms with Crippen LogP contribution in [0.1, 0.15) is 17.8 Å². The number of aromatic nitrogens is 4. The first-order valence-corrected chi connectivity index (χ1v) is 6.93. The van der Waals surface area contributed by atoms with Crippen LogP contribution in [-0.2, 0) is 12.3 Å². The molecule has 2 N–H and O–H groups in total. The molecule has 0 bridgehead atoms.